The van der Waals surface area contributed by atoms with Crippen molar-refractivity contribution in [3.8, 4) is 6.07 Å². The molecule has 0 aliphatic heterocycles. The third-order valence-corrected chi connectivity index (χ3v) is 2.88. The first-order valence-electron chi connectivity index (χ1n) is 6.48. The second kappa shape index (κ2) is 6.44. The van der Waals surface area contributed by atoms with Crippen molar-refractivity contribution >= 4 is 23.0 Å². The Morgan fingerprint density at radius 3 is 2.62 bits per heavy atom. The standard InChI is InChI=1S/C16H15N3O2/c1-2-21-16(20)13-4-3-5-14(18)15(13)19-12-8-6-11(10-17)7-9-12/h3-9,19H,2,18H2,1H3. The zero-order chi connectivity index (χ0) is 15.2. The second-order valence-corrected chi connectivity index (χ2v) is 4.30. The van der Waals surface area contributed by atoms with Crippen molar-refractivity contribution in [2.75, 3.05) is 17.7 Å². The van der Waals surface area contributed by atoms with E-state index >= 15 is 0 Å². The lowest BCUT2D eigenvalue weighted by Crippen LogP contribution is -2.09. The molecule has 0 saturated heterocycles. The van der Waals surface area contributed by atoms with E-state index in [-0.39, 0.29) is 0 Å². The molecule has 2 rings (SSSR count). The van der Waals surface area contributed by atoms with Gasteiger partial charge in [0.05, 0.1) is 35.2 Å². The number of nitrogens with one attached hydrogen (secondary N) is 1. The summed E-state index contributed by atoms with van der Waals surface area (Å²) in [6.45, 7) is 2.04. The van der Waals surface area contributed by atoms with Gasteiger partial charge >= 0.3 is 5.97 Å². The number of hydrogen-bond acceptors (Lipinski definition) is 5. The van der Waals surface area contributed by atoms with Gasteiger partial charge in [0.25, 0.3) is 0 Å². The van der Waals surface area contributed by atoms with Crippen LogP contribution in [0.5, 0.6) is 0 Å². The quantitative estimate of drug-likeness (QED) is 0.664. The van der Waals surface area contributed by atoms with Gasteiger partial charge in [-0.05, 0) is 43.3 Å². The monoisotopic (exact) mass is 281 g/mol. The Bertz CT molecular complexity index is 688. The van der Waals surface area contributed by atoms with Crippen molar-refractivity contribution in [2.24, 2.45) is 0 Å². The first-order valence-corrected chi connectivity index (χ1v) is 6.48. The smallest absolute Gasteiger partial charge is 0.340 e. The van der Waals surface area contributed by atoms with Crippen LogP contribution in [0.4, 0.5) is 17.1 Å². The Morgan fingerprint density at radius 1 is 1.29 bits per heavy atom. The summed E-state index contributed by atoms with van der Waals surface area (Å²) < 4.78 is 5.02. The van der Waals surface area contributed by atoms with E-state index in [1.54, 1.807) is 49.4 Å². The molecule has 106 valence electrons. The van der Waals surface area contributed by atoms with Crippen LogP contribution in [0.3, 0.4) is 0 Å². The molecule has 0 fully saturated rings. The summed E-state index contributed by atoms with van der Waals surface area (Å²) >= 11 is 0. The van der Waals surface area contributed by atoms with Gasteiger partial charge in [-0.2, -0.15) is 5.26 Å². The average molecular weight is 281 g/mol. The van der Waals surface area contributed by atoms with Crippen LogP contribution in [0.2, 0.25) is 0 Å². The number of anilines is 3. The molecule has 0 saturated carbocycles. The molecule has 0 aromatic heterocycles. The Hall–Kier alpha value is -3.00. The molecule has 0 aliphatic carbocycles. The van der Waals surface area contributed by atoms with E-state index in [9.17, 15) is 4.79 Å². The van der Waals surface area contributed by atoms with Crippen LogP contribution in [0, 0.1) is 11.3 Å². The molecule has 2 aromatic carbocycles. The van der Waals surface area contributed by atoms with Gasteiger partial charge in [0.1, 0.15) is 0 Å². The van der Waals surface area contributed by atoms with Crippen LogP contribution in [0.1, 0.15) is 22.8 Å². The number of nitrogen functional groups attached to an aromatic ring is 1. The number of ether oxygens (including phenoxy) is 1. The second-order valence-electron chi connectivity index (χ2n) is 4.30. The lowest BCUT2D eigenvalue weighted by atomic mass is 10.1. The number of nitrogens with two attached hydrogens (primary N) is 1. The summed E-state index contributed by atoms with van der Waals surface area (Å²) in [5.74, 6) is -0.430. The molecule has 0 unspecified atom stereocenters. The maximum absolute atomic E-state index is 11.9. The summed E-state index contributed by atoms with van der Waals surface area (Å²) in [6, 6.07) is 14.0. The maximum atomic E-state index is 11.9. The number of rotatable bonds is 4. The highest BCUT2D eigenvalue weighted by atomic mass is 16.5. The van der Waals surface area contributed by atoms with Crippen LogP contribution in [0.15, 0.2) is 42.5 Å². The lowest BCUT2D eigenvalue weighted by molar-refractivity contribution is 0.0527. The first-order chi connectivity index (χ1) is 10.2. The SMILES string of the molecule is CCOC(=O)c1cccc(N)c1Nc1ccc(C#N)cc1. The molecule has 0 spiro atoms. The largest absolute Gasteiger partial charge is 0.462 e. The minimum Gasteiger partial charge on any atom is -0.462 e. The number of carbonyl (C=O) groups is 1. The first kappa shape index (κ1) is 14.4. The van der Waals surface area contributed by atoms with Crippen molar-refractivity contribution < 1.29 is 9.53 Å². The zero-order valence-corrected chi connectivity index (χ0v) is 11.6. The Balaban J connectivity index is 2.34. The van der Waals surface area contributed by atoms with Crippen LogP contribution in [0.25, 0.3) is 0 Å². The van der Waals surface area contributed by atoms with Gasteiger partial charge in [-0.15, -0.1) is 0 Å². The van der Waals surface area contributed by atoms with Crippen molar-refractivity contribution in [3.05, 3.63) is 53.6 Å². The van der Waals surface area contributed by atoms with Crippen molar-refractivity contribution in [2.45, 2.75) is 6.92 Å². The minimum absolute atomic E-state index is 0.296. The van der Waals surface area contributed by atoms with Gasteiger partial charge in [-0.1, -0.05) is 6.07 Å². The number of hydrogen-bond donors (Lipinski definition) is 2. The summed E-state index contributed by atoms with van der Waals surface area (Å²) in [5, 5.41) is 11.9. The van der Waals surface area contributed by atoms with Gasteiger partial charge in [-0.25, -0.2) is 4.79 Å². The number of esters is 1. The molecule has 0 amide bonds. The highest BCUT2D eigenvalue weighted by Crippen LogP contribution is 2.28. The lowest BCUT2D eigenvalue weighted by Gasteiger charge is -2.13. The Morgan fingerprint density at radius 2 is 2.00 bits per heavy atom. The minimum atomic E-state index is -0.430. The van der Waals surface area contributed by atoms with Crippen LogP contribution < -0.4 is 11.1 Å². The molecule has 0 heterocycles. The molecule has 0 radical (unpaired) electrons. The van der Waals surface area contributed by atoms with E-state index in [2.05, 4.69) is 5.32 Å². The molecule has 5 nitrogen and oxygen atoms in total. The summed E-state index contributed by atoms with van der Waals surface area (Å²) in [7, 11) is 0. The number of nitrogens with zero attached hydrogens (tertiary/aromatic N) is 1. The van der Waals surface area contributed by atoms with E-state index < -0.39 is 5.97 Å². The van der Waals surface area contributed by atoms with E-state index in [0.29, 0.717) is 29.1 Å². The van der Waals surface area contributed by atoms with Crippen LogP contribution in [-0.4, -0.2) is 12.6 Å². The van der Waals surface area contributed by atoms with E-state index in [0.717, 1.165) is 5.69 Å². The van der Waals surface area contributed by atoms with Gasteiger partial charge in [0.2, 0.25) is 0 Å². The fourth-order valence-electron chi connectivity index (χ4n) is 1.86. The summed E-state index contributed by atoms with van der Waals surface area (Å²) in [5.41, 5.74) is 8.56. The highest BCUT2D eigenvalue weighted by Gasteiger charge is 2.14. The van der Waals surface area contributed by atoms with E-state index in [1.165, 1.54) is 0 Å². The highest BCUT2D eigenvalue weighted by molar-refractivity contribution is 5.99. The number of para-hydroxylation sites is 1. The third-order valence-electron chi connectivity index (χ3n) is 2.88. The fourth-order valence-corrected chi connectivity index (χ4v) is 1.86. The van der Waals surface area contributed by atoms with Crippen LogP contribution >= 0.6 is 0 Å². The molecule has 5 heteroatoms. The fraction of sp³-hybridized carbons (Fsp3) is 0.125. The van der Waals surface area contributed by atoms with Gasteiger partial charge in [-0.3, -0.25) is 0 Å². The van der Waals surface area contributed by atoms with E-state index in [4.69, 9.17) is 15.7 Å². The summed E-state index contributed by atoms with van der Waals surface area (Å²) in [6.07, 6.45) is 0. The Kier molecular flexibility index (Phi) is 4.42. The predicted molar refractivity (Wildman–Crippen MR) is 81.3 cm³/mol. The topological polar surface area (TPSA) is 88.1 Å². The molecule has 0 atom stereocenters. The van der Waals surface area contributed by atoms with Crippen LogP contribution in [-0.2, 0) is 4.74 Å². The molecule has 2 aromatic rings. The van der Waals surface area contributed by atoms with Crippen molar-refractivity contribution in [1.82, 2.24) is 0 Å². The molecule has 21 heavy (non-hydrogen) atoms. The third kappa shape index (κ3) is 3.31. The predicted octanol–water partition coefficient (Wildman–Crippen LogP) is 3.06. The van der Waals surface area contributed by atoms with E-state index in [1.807, 2.05) is 6.07 Å². The molecule has 0 aliphatic rings. The normalized spacial score (nSPS) is 9.71. The average Bonchev–Trinajstić information content (AvgIpc) is 2.50. The van der Waals surface area contributed by atoms with Gasteiger partial charge < -0.3 is 15.8 Å². The molecular formula is C16H15N3O2. The molecule has 0 bridgehead atoms. The molecular weight excluding hydrogens is 266 g/mol. The van der Waals surface area contributed by atoms with Gasteiger partial charge in [0.15, 0.2) is 0 Å². The zero-order valence-electron chi connectivity index (χ0n) is 11.6. The molecule has 3 N–H and O–H groups in total. The number of carbonyl (C=O) groups excluding carboxylic acids is 1. The number of nitriles is 1. The Labute approximate surface area is 123 Å². The van der Waals surface area contributed by atoms with Gasteiger partial charge in [0, 0.05) is 5.69 Å². The number of benzene rings is 2. The van der Waals surface area contributed by atoms with Crippen molar-refractivity contribution in [1.29, 1.82) is 5.26 Å². The van der Waals surface area contributed by atoms with Crippen molar-refractivity contribution in [3.63, 3.8) is 0 Å². The summed E-state index contributed by atoms with van der Waals surface area (Å²) in [4.78, 5) is 11.9. The maximum Gasteiger partial charge on any atom is 0.340 e.